The molecule has 4 heteroatoms. The van der Waals surface area contributed by atoms with Crippen LogP contribution in [0.4, 0.5) is 4.39 Å². The van der Waals surface area contributed by atoms with Crippen LogP contribution in [0.1, 0.15) is 39.3 Å². The molecule has 1 aromatic heterocycles. The van der Waals surface area contributed by atoms with Gasteiger partial charge in [0, 0.05) is 25.4 Å². The van der Waals surface area contributed by atoms with Crippen LogP contribution in [0.5, 0.6) is 0 Å². The van der Waals surface area contributed by atoms with E-state index < -0.39 is 0 Å². The Balaban J connectivity index is 2.52. The van der Waals surface area contributed by atoms with E-state index in [0.29, 0.717) is 13.2 Å². The number of halogens is 1. The van der Waals surface area contributed by atoms with Crippen molar-refractivity contribution in [3.05, 3.63) is 29.8 Å². The van der Waals surface area contributed by atoms with Gasteiger partial charge in [-0.25, -0.2) is 4.39 Å². The fraction of sp³-hybridized carbons (Fsp3) is 0.615. The molecule has 0 saturated heterocycles. The molecule has 96 valence electrons. The minimum atomic E-state index is -0.305. The fourth-order valence-corrected chi connectivity index (χ4v) is 1.62. The zero-order valence-corrected chi connectivity index (χ0v) is 11.0. The van der Waals surface area contributed by atoms with E-state index in [1.807, 2.05) is 27.7 Å². The number of pyridine rings is 1. The molecule has 17 heavy (non-hydrogen) atoms. The largest absolute Gasteiger partial charge is 0.375 e. The van der Waals surface area contributed by atoms with Crippen molar-refractivity contribution >= 4 is 0 Å². The van der Waals surface area contributed by atoms with Crippen LogP contribution in [-0.2, 0) is 4.74 Å². The van der Waals surface area contributed by atoms with E-state index in [0.717, 1.165) is 5.56 Å². The van der Waals surface area contributed by atoms with E-state index in [1.165, 1.54) is 12.3 Å². The summed E-state index contributed by atoms with van der Waals surface area (Å²) in [6, 6.07) is 1.55. The second-order valence-electron chi connectivity index (χ2n) is 4.73. The predicted molar refractivity (Wildman–Crippen MR) is 66.3 cm³/mol. The molecule has 0 aliphatic rings. The summed E-state index contributed by atoms with van der Waals surface area (Å²) in [7, 11) is 0. The maximum atomic E-state index is 13.0. The molecule has 1 heterocycles. The van der Waals surface area contributed by atoms with Crippen molar-refractivity contribution in [2.75, 3.05) is 13.2 Å². The van der Waals surface area contributed by atoms with E-state index in [9.17, 15) is 4.39 Å². The second kappa shape index (κ2) is 6.07. The first-order valence-corrected chi connectivity index (χ1v) is 5.92. The summed E-state index contributed by atoms with van der Waals surface area (Å²) in [5, 5.41) is 3.32. The number of aromatic nitrogens is 1. The van der Waals surface area contributed by atoms with Crippen molar-refractivity contribution < 1.29 is 9.13 Å². The Morgan fingerprint density at radius 1 is 1.47 bits per heavy atom. The quantitative estimate of drug-likeness (QED) is 0.830. The molecular formula is C13H21FN2O. The monoisotopic (exact) mass is 240 g/mol. The Bertz CT molecular complexity index is 355. The lowest BCUT2D eigenvalue weighted by molar-refractivity contribution is -0.0103. The number of nitrogens with one attached hydrogen (secondary N) is 1. The van der Waals surface area contributed by atoms with Crippen molar-refractivity contribution in [1.29, 1.82) is 0 Å². The lowest BCUT2D eigenvalue weighted by Gasteiger charge is -2.27. The molecule has 0 radical (unpaired) electrons. The van der Waals surface area contributed by atoms with Crippen LogP contribution >= 0.6 is 0 Å². The van der Waals surface area contributed by atoms with Gasteiger partial charge in [0.25, 0.3) is 0 Å². The molecule has 1 atom stereocenters. The van der Waals surface area contributed by atoms with E-state index in [-0.39, 0.29) is 17.5 Å². The van der Waals surface area contributed by atoms with Gasteiger partial charge in [0.15, 0.2) is 0 Å². The van der Waals surface area contributed by atoms with Crippen LogP contribution in [0.25, 0.3) is 0 Å². The van der Waals surface area contributed by atoms with Crippen LogP contribution in [0.2, 0.25) is 0 Å². The van der Waals surface area contributed by atoms with E-state index in [2.05, 4.69) is 10.3 Å². The SMILES string of the molecule is CCOC(C)(C)CNC(C)c1cncc(F)c1. The summed E-state index contributed by atoms with van der Waals surface area (Å²) < 4.78 is 18.6. The molecule has 0 spiro atoms. The zero-order valence-electron chi connectivity index (χ0n) is 11.0. The molecule has 0 aromatic carbocycles. The Morgan fingerprint density at radius 2 is 2.18 bits per heavy atom. The standard InChI is InChI=1S/C13H21FN2O/c1-5-17-13(3,4)9-16-10(2)11-6-12(14)8-15-7-11/h6-8,10,16H,5,9H2,1-4H3. The summed E-state index contributed by atoms with van der Waals surface area (Å²) in [6.07, 6.45) is 2.88. The maximum absolute atomic E-state index is 13.0. The molecule has 0 aliphatic carbocycles. The van der Waals surface area contributed by atoms with Gasteiger partial charge in [0.05, 0.1) is 11.8 Å². The Hall–Kier alpha value is -1.00. The lowest BCUT2D eigenvalue weighted by atomic mass is 10.1. The summed E-state index contributed by atoms with van der Waals surface area (Å²) in [4.78, 5) is 3.84. The third kappa shape index (κ3) is 4.79. The van der Waals surface area contributed by atoms with Crippen LogP contribution in [-0.4, -0.2) is 23.7 Å². The molecule has 1 N–H and O–H groups in total. The summed E-state index contributed by atoms with van der Waals surface area (Å²) in [6.45, 7) is 9.41. The molecule has 1 aromatic rings. The molecule has 0 aliphatic heterocycles. The van der Waals surface area contributed by atoms with E-state index in [4.69, 9.17) is 4.74 Å². The number of ether oxygens (including phenoxy) is 1. The number of rotatable bonds is 6. The van der Waals surface area contributed by atoms with Gasteiger partial charge in [-0.05, 0) is 39.3 Å². The van der Waals surface area contributed by atoms with E-state index >= 15 is 0 Å². The lowest BCUT2D eigenvalue weighted by Crippen LogP contribution is -2.38. The van der Waals surface area contributed by atoms with Crippen LogP contribution in [0.15, 0.2) is 18.5 Å². The third-order valence-electron chi connectivity index (χ3n) is 2.60. The average molecular weight is 240 g/mol. The van der Waals surface area contributed by atoms with Gasteiger partial charge in [0.1, 0.15) is 5.82 Å². The average Bonchev–Trinajstić information content (AvgIpc) is 2.26. The summed E-state index contributed by atoms with van der Waals surface area (Å²) >= 11 is 0. The van der Waals surface area contributed by atoms with Gasteiger partial charge < -0.3 is 10.1 Å². The van der Waals surface area contributed by atoms with Crippen LogP contribution in [0, 0.1) is 5.82 Å². The zero-order chi connectivity index (χ0) is 12.9. The number of hydrogen-bond donors (Lipinski definition) is 1. The Labute approximate surface area is 102 Å². The van der Waals surface area contributed by atoms with Crippen molar-refractivity contribution in [1.82, 2.24) is 10.3 Å². The number of nitrogens with zero attached hydrogens (tertiary/aromatic N) is 1. The highest BCUT2D eigenvalue weighted by Gasteiger charge is 2.18. The maximum Gasteiger partial charge on any atom is 0.141 e. The molecular weight excluding hydrogens is 219 g/mol. The van der Waals surface area contributed by atoms with Crippen molar-refractivity contribution in [2.24, 2.45) is 0 Å². The molecule has 1 rings (SSSR count). The minimum absolute atomic E-state index is 0.0536. The Kier molecular flexibility index (Phi) is 5.02. The third-order valence-corrected chi connectivity index (χ3v) is 2.60. The topological polar surface area (TPSA) is 34.1 Å². The molecule has 0 bridgehead atoms. The first kappa shape index (κ1) is 14.1. The van der Waals surface area contributed by atoms with Gasteiger partial charge in [-0.15, -0.1) is 0 Å². The van der Waals surface area contributed by atoms with Gasteiger partial charge in [0.2, 0.25) is 0 Å². The second-order valence-corrected chi connectivity index (χ2v) is 4.73. The highest BCUT2D eigenvalue weighted by Crippen LogP contribution is 2.14. The van der Waals surface area contributed by atoms with Gasteiger partial charge >= 0.3 is 0 Å². The van der Waals surface area contributed by atoms with Crippen molar-refractivity contribution in [2.45, 2.75) is 39.3 Å². The Morgan fingerprint density at radius 3 is 2.76 bits per heavy atom. The first-order chi connectivity index (χ1) is 7.94. The van der Waals surface area contributed by atoms with Gasteiger partial charge in [-0.3, -0.25) is 4.98 Å². The fourth-order valence-electron chi connectivity index (χ4n) is 1.62. The van der Waals surface area contributed by atoms with Crippen LogP contribution < -0.4 is 5.32 Å². The highest BCUT2D eigenvalue weighted by atomic mass is 19.1. The molecule has 0 saturated carbocycles. The molecule has 3 nitrogen and oxygen atoms in total. The predicted octanol–water partition coefficient (Wildman–Crippen LogP) is 2.69. The summed E-state index contributed by atoms with van der Waals surface area (Å²) in [5.74, 6) is -0.305. The van der Waals surface area contributed by atoms with Crippen molar-refractivity contribution in [3.63, 3.8) is 0 Å². The highest BCUT2D eigenvalue weighted by molar-refractivity contribution is 5.14. The van der Waals surface area contributed by atoms with E-state index in [1.54, 1.807) is 6.20 Å². The number of hydrogen-bond acceptors (Lipinski definition) is 3. The smallest absolute Gasteiger partial charge is 0.141 e. The molecule has 1 unspecified atom stereocenters. The first-order valence-electron chi connectivity index (χ1n) is 5.92. The molecule has 0 fully saturated rings. The van der Waals surface area contributed by atoms with Gasteiger partial charge in [-0.1, -0.05) is 0 Å². The van der Waals surface area contributed by atoms with Gasteiger partial charge in [-0.2, -0.15) is 0 Å². The normalized spacial score (nSPS) is 13.7. The van der Waals surface area contributed by atoms with Crippen LogP contribution in [0.3, 0.4) is 0 Å². The minimum Gasteiger partial charge on any atom is -0.375 e. The summed E-state index contributed by atoms with van der Waals surface area (Å²) in [5.41, 5.74) is 0.626. The van der Waals surface area contributed by atoms with Crippen molar-refractivity contribution in [3.8, 4) is 0 Å². The molecule has 0 amide bonds.